The fraction of sp³-hybridized carbons (Fsp3) is 0.750. The van der Waals surface area contributed by atoms with Crippen LogP contribution in [0.3, 0.4) is 0 Å². The van der Waals surface area contributed by atoms with Crippen LogP contribution in [0.1, 0.15) is 13.8 Å². The predicted molar refractivity (Wildman–Crippen MR) is 28.6 cm³/mol. The van der Waals surface area contributed by atoms with E-state index < -0.39 is 0 Å². The molecule has 0 N–H and O–H groups in total. The quantitative estimate of drug-likeness (QED) is 0.454. The second-order valence-electron chi connectivity index (χ2n) is 0.925. The smallest absolute Gasteiger partial charge is 0.232 e. The van der Waals surface area contributed by atoms with Crippen LogP contribution in [0.25, 0.3) is 0 Å². The molecule has 0 aromatic carbocycles. The van der Waals surface area contributed by atoms with Crippen molar-refractivity contribution in [3.63, 3.8) is 0 Å². The van der Waals surface area contributed by atoms with Crippen molar-refractivity contribution in [2.45, 2.75) is 13.8 Å². The van der Waals surface area contributed by atoms with Gasteiger partial charge in [0.1, 0.15) is 0 Å². The summed E-state index contributed by atoms with van der Waals surface area (Å²) >= 11 is 1.35. The minimum Gasteiger partial charge on any atom is -0.232 e. The minimum absolute atomic E-state index is 0.206. The maximum Gasteiger partial charge on any atom is 0.378 e. The van der Waals surface area contributed by atoms with Gasteiger partial charge >= 0.3 is 5.12 Å². The Hall–Kier alpha value is 0.0200. The second kappa shape index (κ2) is 3.22. The number of carbonyl (C=O) groups excluding carboxylic acids is 1. The number of hydrogen-bond acceptors (Lipinski definition) is 2. The number of carbonyl (C=O) groups is 1. The lowest BCUT2D eigenvalue weighted by Crippen LogP contribution is -1.93. The molecule has 2 heteroatoms. The molecule has 0 aliphatic heterocycles. The summed E-state index contributed by atoms with van der Waals surface area (Å²) in [4.78, 5) is 10.0. The summed E-state index contributed by atoms with van der Waals surface area (Å²) < 4.78 is 0. The molecule has 0 unspecified atom stereocenters. The molecule has 0 amide bonds. The summed E-state index contributed by atoms with van der Waals surface area (Å²) in [6.45, 7) is 3.54. The van der Waals surface area contributed by atoms with Crippen LogP contribution >= 0.6 is 0 Å². The Labute approximate surface area is 42.1 Å². The van der Waals surface area contributed by atoms with E-state index in [1.54, 1.807) is 6.92 Å². The van der Waals surface area contributed by atoms with Gasteiger partial charge in [-0.15, -0.1) is 0 Å². The van der Waals surface area contributed by atoms with Gasteiger partial charge < -0.3 is 0 Å². The van der Waals surface area contributed by atoms with Crippen molar-refractivity contribution in [1.82, 2.24) is 0 Å². The van der Waals surface area contributed by atoms with Crippen LogP contribution in [0, 0.1) is 0 Å². The molecule has 0 atom stereocenters. The van der Waals surface area contributed by atoms with Crippen LogP contribution in [0.15, 0.2) is 0 Å². The van der Waals surface area contributed by atoms with Crippen LogP contribution < -0.4 is 0 Å². The highest BCUT2D eigenvalue weighted by Gasteiger charge is 2.05. The largest absolute Gasteiger partial charge is 0.378 e. The molecule has 0 rings (SSSR count). The van der Waals surface area contributed by atoms with Crippen LogP contribution in [-0.2, 0) is 16.6 Å². The van der Waals surface area contributed by atoms with Crippen molar-refractivity contribution < 1.29 is 4.79 Å². The van der Waals surface area contributed by atoms with Gasteiger partial charge in [-0.3, -0.25) is 0 Å². The summed E-state index contributed by atoms with van der Waals surface area (Å²) in [5.41, 5.74) is 0. The van der Waals surface area contributed by atoms with Crippen LogP contribution in [0.5, 0.6) is 0 Å². The summed E-state index contributed by atoms with van der Waals surface area (Å²) in [6, 6.07) is 0. The number of thioether (sulfide) groups is 1. The van der Waals surface area contributed by atoms with E-state index in [-0.39, 0.29) is 5.12 Å². The van der Waals surface area contributed by atoms with Gasteiger partial charge in [-0.05, 0) is 6.92 Å². The minimum atomic E-state index is 0.206. The van der Waals surface area contributed by atoms with Crippen LogP contribution in [0.2, 0.25) is 0 Å². The molecule has 0 aliphatic carbocycles. The third-order valence-electron chi connectivity index (χ3n) is 0.348. The van der Waals surface area contributed by atoms with E-state index >= 15 is 0 Å². The standard InChI is InChI=1S/C4H8OS/c1-3-6-4(2)5/h3H2,1-2H3/q+1. The van der Waals surface area contributed by atoms with E-state index in [2.05, 4.69) is 0 Å². The van der Waals surface area contributed by atoms with Gasteiger partial charge in [-0.2, -0.15) is 0 Å². The average Bonchev–Trinajstić information content (AvgIpc) is 1.35. The molecule has 0 saturated heterocycles. The summed E-state index contributed by atoms with van der Waals surface area (Å²) in [5, 5.41) is 0.206. The van der Waals surface area contributed by atoms with E-state index in [0.717, 1.165) is 5.75 Å². The van der Waals surface area contributed by atoms with Gasteiger partial charge in [-0.25, -0.2) is 4.79 Å². The van der Waals surface area contributed by atoms with E-state index in [0.29, 0.717) is 0 Å². The summed E-state index contributed by atoms with van der Waals surface area (Å²) in [5.74, 6) is 0.898. The van der Waals surface area contributed by atoms with Gasteiger partial charge in [0.25, 0.3) is 11.8 Å². The number of rotatable bonds is 1. The molecule has 0 aromatic heterocycles. The van der Waals surface area contributed by atoms with Gasteiger partial charge in [0.05, 0.1) is 6.92 Å². The molecule has 1 radical (unpaired) electrons. The van der Waals surface area contributed by atoms with E-state index in [4.69, 9.17) is 0 Å². The van der Waals surface area contributed by atoms with E-state index in [1.807, 2.05) is 6.92 Å². The first kappa shape index (κ1) is 6.02. The molecule has 0 heterocycles. The van der Waals surface area contributed by atoms with Gasteiger partial charge in [0, 0.05) is 0 Å². The molecule has 1 nitrogen and oxygen atoms in total. The maximum atomic E-state index is 10.0. The van der Waals surface area contributed by atoms with Gasteiger partial charge in [0.2, 0.25) is 0 Å². The molecule has 35 valence electrons. The first-order valence-corrected chi connectivity index (χ1v) is 2.89. The van der Waals surface area contributed by atoms with Crippen molar-refractivity contribution in [3.05, 3.63) is 0 Å². The molecular weight excluding hydrogens is 96.1 g/mol. The Bertz CT molecular complexity index is 51.5. The highest BCUT2D eigenvalue weighted by atomic mass is 32.2. The molecule has 6 heavy (non-hydrogen) atoms. The highest BCUT2D eigenvalue weighted by Crippen LogP contribution is 1.71. The summed E-state index contributed by atoms with van der Waals surface area (Å²) in [7, 11) is 0. The van der Waals surface area contributed by atoms with Gasteiger partial charge in [-0.1, -0.05) is 0 Å². The van der Waals surface area contributed by atoms with E-state index in [1.165, 1.54) is 11.8 Å². The fourth-order valence-corrected chi connectivity index (χ4v) is 0.610. The normalized spacial score (nSPS) is 8.33. The lowest BCUT2D eigenvalue weighted by molar-refractivity contribution is -0.109. The zero-order valence-corrected chi connectivity index (χ0v) is 4.84. The first-order chi connectivity index (χ1) is 2.77. The van der Waals surface area contributed by atoms with Crippen molar-refractivity contribution in [1.29, 1.82) is 0 Å². The molecular formula is C4H8OS+. The molecule has 0 bridgehead atoms. The Balaban J connectivity index is 2.83. The Morgan fingerprint density at radius 1 is 1.83 bits per heavy atom. The average molecular weight is 104 g/mol. The van der Waals surface area contributed by atoms with Crippen LogP contribution in [-0.4, -0.2) is 10.9 Å². The Kier molecular flexibility index (Phi) is 3.23. The Morgan fingerprint density at radius 2 is 2.33 bits per heavy atom. The maximum absolute atomic E-state index is 10.0. The molecule has 0 saturated carbocycles. The number of hydrogen-bond donors (Lipinski definition) is 0. The topological polar surface area (TPSA) is 17.1 Å². The van der Waals surface area contributed by atoms with E-state index in [9.17, 15) is 4.79 Å². The third-order valence-corrected chi connectivity index (χ3v) is 1.04. The van der Waals surface area contributed by atoms with Crippen LogP contribution in [0.4, 0.5) is 0 Å². The van der Waals surface area contributed by atoms with Crippen molar-refractivity contribution >= 4 is 16.9 Å². The lowest BCUT2D eigenvalue weighted by atomic mass is 10.9. The second-order valence-corrected chi connectivity index (χ2v) is 2.37. The lowest BCUT2D eigenvalue weighted by Gasteiger charge is -1.60. The monoisotopic (exact) mass is 104 g/mol. The molecule has 0 spiro atoms. The molecule has 0 aromatic rings. The summed E-state index contributed by atoms with van der Waals surface area (Å²) in [6.07, 6.45) is 0. The predicted octanol–water partition coefficient (Wildman–Crippen LogP) is 0.635. The fourth-order valence-electron chi connectivity index (χ4n) is 0.203. The highest BCUT2D eigenvalue weighted by molar-refractivity contribution is 7.94. The Morgan fingerprint density at radius 3 is 2.33 bits per heavy atom. The van der Waals surface area contributed by atoms with Crippen molar-refractivity contribution in [2.75, 3.05) is 5.75 Å². The zero-order chi connectivity index (χ0) is 4.99. The first-order valence-electron chi connectivity index (χ1n) is 1.90. The third kappa shape index (κ3) is 4.02. The zero-order valence-electron chi connectivity index (χ0n) is 4.02. The SMILES string of the molecule is CC[S+]C(C)=O. The van der Waals surface area contributed by atoms with Crippen molar-refractivity contribution in [3.8, 4) is 0 Å². The van der Waals surface area contributed by atoms with Gasteiger partial charge in [0.15, 0.2) is 5.75 Å². The molecule has 0 fully saturated rings. The van der Waals surface area contributed by atoms with Crippen molar-refractivity contribution in [2.24, 2.45) is 0 Å². The molecule has 0 aliphatic rings.